The molecule has 1 aliphatic heterocycles. The number of carboxylic acids is 1. The van der Waals surface area contributed by atoms with E-state index in [0.717, 1.165) is 24.0 Å². The van der Waals surface area contributed by atoms with E-state index in [1.54, 1.807) is 9.80 Å². The number of unbranched alkanes of at least 4 members (excludes halogenated alkanes) is 1. The molecule has 0 radical (unpaired) electrons. The van der Waals surface area contributed by atoms with Crippen LogP contribution in [0.1, 0.15) is 43.1 Å². The van der Waals surface area contributed by atoms with Gasteiger partial charge < -0.3 is 25.0 Å². The van der Waals surface area contributed by atoms with E-state index in [2.05, 4.69) is 10.3 Å². The summed E-state index contributed by atoms with van der Waals surface area (Å²) < 4.78 is 5.27. The summed E-state index contributed by atoms with van der Waals surface area (Å²) in [7, 11) is 0. The van der Waals surface area contributed by atoms with Gasteiger partial charge in [0.1, 0.15) is 16.7 Å². The normalized spacial score (nSPS) is 13.9. The monoisotopic (exact) mass is 578 g/mol. The zero-order valence-corrected chi connectivity index (χ0v) is 23.8. The molecule has 0 spiro atoms. The number of ether oxygens (including phenoxy) is 1. The lowest BCUT2D eigenvalue weighted by Crippen LogP contribution is -2.56. The molecule has 2 heterocycles. The first-order valence-corrected chi connectivity index (χ1v) is 14.5. The number of nitrogens with zero attached hydrogens (tertiary/aromatic N) is 3. The van der Waals surface area contributed by atoms with Crippen molar-refractivity contribution in [2.45, 2.75) is 38.6 Å². The third-order valence-electron chi connectivity index (χ3n) is 6.72. The smallest absolute Gasteiger partial charge is 0.409 e. The van der Waals surface area contributed by atoms with Crippen molar-refractivity contribution in [3.63, 3.8) is 0 Å². The molecular weight excluding hydrogens is 544 g/mol. The Morgan fingerprint density at radius 1 is 0.951 bits per heavy atom. The van der Waals surface area contributed by atoms with Crippen molar-refractivity contribution < 1.29 is 29.0 Å². The van der Waals surface area contributed by atoms with E-state index in [1.165, 1.54) is 11.3 Å². The van der Waals surface area contributed by atoms with Crippen LogP contribution in [0.2, 0.25) is 0 Å². The van der Waals surface area contributed by atoms with Gasteiger partial charge in [-0.2, -0.15) is 0 Å². The Labute approximate surface area is 242 Å². The molecule has 10 nitrogen and oxygen atoms in total. The van der Waals surface area contributed by atoms with Gasteiger partial charge in [0.2, 0.25) is 5.91 Å². The largest absolute Gasteiger partial charge is 0.481 e. The summed E-state index contributed by atoms with van der Waals surface area (Å²) in [5.41, 5.74) is 1.85. The zero-order chi connectivity index (χ0) is 29.2. The number of aromatic nitrogens is 1. The molecule has 1 saturated heterocycles. The molecule has 3 amide bonds. The van der Waals surface area contributed by atoms with Crippen molar-refractivity contribution in [1.29, 1.82) is 0 Å². The van der Waals surface area contributed by atoms with E-state index in [1.807, 2.05) is 67.6 Å². The van der Waals surface area contributed by atoms with Gasteiger partial charge in [0, 0.05) is 38.2 Å². The first kappa shape index (κ1) is 29.7. The third kappa shape index (κ3) is 7.91. The fourth-order valence-corrected chi connectivity index (χ4v) is 5.51. The number of carboxylic acid groups (broad SMARTS) is 1. The van der Waals surface area contributed by atoms with Crippen LogP contribution in [-0.4, -0.2) is 82.6 Å². The third-order valence-corrected chi connectivity index (χ3v) is 7.88. The number of hydrogen-bond donors (Lipinski definition) is 2. The molecule has 216 valence electrons. The van der Waals surface area contributed by atoms with Gasteiger partial charge in [0.15, 0.2) is 0 Å². The Morgan fingerprint density at radius 2 is 1.56 bits per heavy atom. The topological polar surface area (TPSA) is 129 Å². The Hall–Kier alpha value is -4.25. The van der Waals surface area contributed by atoms with E-state index in [-0.39, 0.29) is 31.6 Å². The van der Waals surface area contributed by atoms with Crippen LogP contribution in [0, 0.1) is 0 Å². The van der Waals surface area contributed by atoms with Crippen LogP contribution in [0.4, 0.5) is 4.79 Å². The number of amides is 3. The molecule has 1 fully saturated rings. The molecule has 1 atom stereocenters. The summed E-state index contributed by atoms with van der Waals surface area (Å²) in [6.45, 7) is 3.46. The standard InChI is InChI=1S/C30H34N4O6S/c1-2-3-20-40-30(39)34-18-16-33(17-19-34)29(38)23(14-15-24(35)36)31-27(37)25-26(21-10-6-4-7-11-21)41-28(32-25)22-12-8-5-9-13-22/h4-13,23H,2-3,14-20H2,1H3,(H,31,37)(H,35,36)/t23-/m0/s1. The van der Waals surface area contributed by atoms with Gasteiger partial charge in [-0.25, -0.2) is 9.78 Å². The van der Waals surface area contributed by atoms with Gasteiger partial charge >= 0.3 is 12.1 Å². The maximum absolute atomic E-state index is 13.6. The average molecular weight is 579 g/mol. The van der Waals surface area contributed by atoms with Gasteiger partial charge in [-0.05, 0) is 18.4 Å². The summed E-state index contributed by atoms with van der Waals surface area (Å²) in [6, 6.07) is 17.8. The number of thiazole rings is 1. The highest BCUT2D eigenvalue weighted by atomic mass is 32.1. The van der Waals surface area contributed by atoms with Crippen LogP contribution in [0.3, 0.4) is 0 Å². The molecule has 0 unspecified atom stereocenters. The molecule has 0 saturated carbocycles. The average Bonchev–Trinajstić information content (AvgIpc) is 3.46. The van der Waals surface area contributed by atoms with Gasteiger partial charge in [-0.15, -0.1) is 11.3 Å². The van der Waals surface area contributed by atoms with E-state index < -0.39 is 29.9 Å². The number of aliphatic carboxylic acids is 1. The summed E-state index contributed by atoms with van der Waals surface area (Å²) in [6.07, 6.45) is 0.925. The summed E-state index contributed by atoms with van der Waals surface area (Å²) in [5, 5.41) is 12.7. The number of nitrogens with one attached hydrogen (secondary N) is 1. The second-order valence-electron chi connectivity index (χ2n) is 9.67. The predicted octanol–water partition coefficient (Wildman–Crippen LogP) is 4.52. The number of rotatable bonds is 11. The quantitative estimate of drug-likeness (QED) is 0.320. The lowest BCUT2D eigenvalue weighted by Gasteiger charge is -2.36. The Bertz CT molecular complexity index is 1340. The van der Waals surface area contributed by atoms with Crippen LogP contribution >= 0.6 is 11.3 Å². The molecule has 1 aromatic heterocycles. The van der Waals surface area contributed by atoms with E-state index in [0.29, 0.717) is 29.6 Å². The lowest BCUT2D eigenvalue weighted by atomic mass is 10.1. The molecule has 4 rings (SSSR count). The van der Waals surface area contributed by atoms with Crippen LogP contribution < -0.4 is 5.32 Å². The second-order valence-corrected chi connectivity index (χ2v) is 10.7. The fourth-order valence-electron chi connectivity index (χ4n) is 4.44. The van der Waals surface area contributed by atoms with Crippen molar-refractivity contribution in [2.75, 3.05) is 32.8 Å². The fraction of sp³-hybridized carbons (Fsp3) is 0.367. The van der Waals surface area contributed by atoms with Crippen molar-refractivity contribution in [1.82, 2.24) is 20.1 Å². The van der Waals surface area contributed by atoms with E-state index in [9.17, 15) is 24.3 Å². The molecule has 11 heteroatoms. The maximum Gasteiger partial charge on any atom is 0.409 e. The van der Waals surface area contributed by atoms with Gasteiger partial charge in [0.05, 0.1) is 11.5 Å². The summed E-state index contributed by atoms with van der Waals surface area (Å²) >= 11 is 1.37. The van der Waals surface area contributed by atoms with Crippen LogP contribution in [0.15, 0.2) is 60.7 Å². The molecule has 1 aliphatic rings. The van der Waals surface area contributed by atoms with Gasteiger partial charge in [-0.1, -0.05) is 74.0 Å². The molecule has 0 aliphatic carbocycles. The van der Waals surface area contributed by atoms with Crippen molar-refractivity contribution in [3.8, 4) is 21.0 Å². The number of carbonyl (C=O) groups excluding carboxylic acids is 3. The van der Waals surface area contributed by atoms with Crippen molar-refractivity contribution in [2.24, 2.45) is 0 Å². The Morgan fingerprint density at radius 3 is 2.17 bits per heavy atom. The highest BCUT2D eigenvalue weighted by Gasteiger charge is 2.32. The first-order valence-electron chi connectivity index (χ1n) is 13.7. The molecule has 3 aromatic rings. The van der Waals surface area contributed by atoms with Crippen LogP contribution in [0.5, 0.6) is 0 Å². The molecule has 0 bridgehead atoms. The molecule has 2 aromatic carbocycles. The SMILES string of the molecule is CCCCOC(=O)N1CCN(C(=O)[C@H](CCC(=O)O)NC(=O)c2nc(-c3ccccc3)sc2-c2ccccc2)CC1. The molecule has 2 N–H and O–H groups in total. The van der Waals surface area contributed by atoms with Gasteiger partial charge in [0.25, 0.3) is 5.91 Å². The second kappa shape index (κ2) is 14.4. The van der Waals surface area contributed by atoms with Gasteiger partial charge in [-0.3, -0.25) is 14.4 Å². The molecular formula is C30H34N4O6S. The minimum absolute atomic E-state index is 0.0739. The lowest BCUT2D eigenvalue weighted by molar-refractivity contribution is -0.138. The maximum atomic E-state index is 13.6. The Balaban J connectivity index is 1.51. The minimum atomic E-state index is -1.07. The number of piperazine rings is 1. The van der Waals surface area contributed by atoms with E-state index >= 15 is 0 Å². The van der Waals surface area contributed by atoms with Crippen molar-refractivity contribution in [3.05, 3.63) is 66.4 Å². The number of carbonyl (C=O) groups is 4. The minimum Gasteiger partial charge on any atom is -0.481 e. The number of hydrogen-bond acceptors (Lipinski definition) is 7. The zero-order valence-electron chi connectivity index (χ0n) is 23.0. The predicted molar refractivity (Wildman–Crippen MR) is 156 cm³/mol. The Kier molecular flexibility index (Phi) is 10.4. The van der Waals surface area contributed by atoms with Crippen molar-refractivity contribution >= 4 is 35.2 Å². The summed E-state index contributed by atoms with van der Waals surface area (Å²) in [5.74, 6) is -2.01. The van der Waals surface area contributed by atoms with E-state index in [4.69, 9.17) is 4.74 Å². The highest BCUT2D eigenvalue weighted by Crippen LogP contribution is 2.35. The highest BCUT2D eigenvalue weighted by molar-refractivity contribution is 7.18. The first-order chi connectivity index (χ1) is 19.9. The molecule has 41 heavy (non-hydrogen) atoms. The van der Waals surface area contributed by atoms with Crippen LogP contribution in [0.25, 0.3) is 21.0 Å². The number of benzene rings is 2. The van der Waals surface area contributed by atoms with Crippen LogP contribution in [-0.2, 0) is 14.3 Å². The summed E-state index contributed by atoms with van der Waals surface area (Å²) in [4.78, 5) is 59.2.